The number of aromatic hydroxyl groups is 1. The zero-order valence-electron chi connectivity index (χ0n) is 20.6. The molecule has 12 heteroatoms. The van der Waals surface area contributed by atoms with Crippen LogP contribution in [0.1, 0.15) is 61.4 Å². The van der Waals surface area contributed by atoms with Crippen molar-refractivity contribution in [2.75, 3.05) is 11.1 Å². The van der Waals surface area contributed by atoms with E-state index in [2.05, 4.69) is 25.4 Å². The molecule has 0 saturated heterocycles. The van der Waals surface area contributed by atoms with Crippen molar-refractivity contribution in [2.45, 2.75) is 50.9 Å². The van der Waals surface area contributed by atoms with Crippen LogP contribution in [0.2, 0.25) is 0 Å². The van der Waals surface area contributed by atoms with E-state index in [-0.39, 0.29) is 28.6 Å². The Hall–Kier alpha value is -4.66. The molecule has 3 aromatic heterocycles. The predicted molar refractivity (Wildman–Crippen MR) is 134 cm³/mol. The van der Waals surface area contributed by atoms with Gasteiger partial charge in [-0.05, 0) is 37.0 Å². The first-order valence-corrected chi connectivity index (χ1v) is 12.4. The molecule has 1 unspecified atom stereocenters. The number of hydrogen-bond acceptors (Lipinski definition) is 9. The van der Waals surface area contributed by atoms with Crippen molar-refractivity contribution in [3.63, 3.8) is 0 Å². The van der Waals surface area contributed by atoms with Crippen molar-refractivity contribution < 1.29 is 14.3 Å². The zero-order valence-corrected chi connectivity index (χ0v) is 20.6. The second-order valence-corrected chi connectivity index (χ2v) is 10.0. The molecule has 1 atom stereocenters. The van der Waals surface area contributed by atoms with E-state index in [0.29, 0.717) is 17.3 Å². The van der Waals surface area contributed by atoms with Crippen LogP contribution in [-0.2, 0) is 16.6 Å². The molecule has 4 heterocycles. The smallest absolute Gasteiger partial charge is 0.240 e. The molecule has 1 aliphatic carbocycles. The summed E-state index contributed by atoms with van der Waals surface area (Å²) in [6.07, 6.45) is 9.85. The highest BCUT2D eigenvalue weighted by Crippen LogP contribution is 2.46. The number of amides is 1. The summed E-state index contributed by atoms with van der Waals surface area (Å²) < 4.78 is 16.2. The number of aromatic nitrogens is 6. The van der Waals surface area contributed by atoms with E-state index in [9.17, 15) is 14.3 Å². The van der Waals surface area contributed by atoms with Crippen LogP contribution in [0.25, 0.3) is 17.2 Å². The van der Waals surface area contributed by atoms with Gasteiger partial charge in [-0.15, -0.1) is 0 Å². The highest BCUT2D eigenvalue weighted by molar-refractivity contribution is 6.09. The molecule has 0 bridgehead atoms. The molecule has 1 fully saturated rings. The number of nitrogens with zero attached hydrogens (tertiary/aromatic N) is 7. The second kappa shape index (κ2) is 8.72. The third kappa shape index (κ3) is 3.61. The number of nitriles is 1. The predicted octanol–water partition coefficient (Wildman–Crippen LogP) is 3.26. The fraction of sp³-hybridized carbons (Fsp3) is 0.346. The molecule has 1 amide bonds. The lowest BCUT2D eigenvalue weighted by molar-refractivity contribution is -0.119. The normalized spacial score (nSPS) is 19.3. The Labute approximate surface area is 216 Å². The van der Waals surface area contributed by atoms with Crippen molar-refractivity contribution in [3.05, 3.63) is 52.9 Å². The summed E-state index contributed by atoms with van der Waals surface area (Å²) in [5.74, 6) is -1.16. The SMILES string of the molecule is CC1(c2cc(O)c(C#N)c(F)c2)C(=O)Nc2nc(-c3cn4ncnc4c(CC4CCCCC4)n3)nc(N)c21. The first-order valence-electron chi connectivity index (χ1n) is 12.4. The molecule has 192 valence electrons. The molecule has 1 aliphatic heterocycles. The minimum absolute atomic E-state index is 0.00410. The van der Waals surface area contributed by atoms with Crippen LogP contribution in [0.15, 0.2) is 24.7 Å². The van der Waals surface area contributed by atoms with E-state index >= 15 is 0 Å². The van der Waals surface area contributed by atoms with Crippen molar-refractivity contribution in [1.29, 1.82) is 5.26 Å². The number of carbonyl (C=O) groups is 1. The summed E-state index contributed by atoms with van der Waals surface area (Å²) in [4.78, 5) is 31.4. The maximum absolute atomic E-state index is 14.5. The van der Waals surface area contributed by atoms with Gasteiger partial charge in [0.1, 0.15) is 52.3 Å². The zero-order chi connectivity index (χ0) is 26.6. The Morgan fingerprint density at radius 1 is 1.26 bits per heavy atom. The monoisotopic (exact) mass is 513 g/mol. The van der Waals surface area contributed by atoms with Gasteiger partial charge in [0.2, 0.25) is 5.91 Å². The Kier molecular flexibility index (Phi) is 5.45. The number of anilines is 2. The molecule has 4 aromatic rings. The average Bonchev–Trinajstić information content (AvgIpc) is 3.47. The van der Waals surface area contributed by atoms with Crippen LogP contribution >= 0.6 is 0 Å². The van der Waals surface area contributed by atoms with Crippen molar-refractivity contribution in [3.8, 4) is 23.3 Å². The standard InChI is InChI=1S/C26H24FN9O2/c1-26(14-8-16(27)15(10-28)19(37)9-14)20-21(29)33-22(34-23(20)35-25(26)38)18-11-36-24(30-12-31-36)17(32-18)7-13-5-3-2-4-6-13/h8-9,11-13,37H,2-7H2,1H3,(H3,29,33,34,35,38). The highest BCUT2D eigenvalue weighted by atomic mass is 19.1. The van der Waals surface area contributed by atoms with Gasteiger partial charge in [0.25, 0.3) is 0 Å². The summed E-state index contributed by atoms with van der Waals surface area (Å²) in [6.45, 7) is 1.54. The lowest BCUT2D eigenvalue weighted by Crippen LogP contribution is -2.33. The lowest BCUT2D eigenvalue weighted by Gasteiger charge is -2.24. The van der Waals surface area contributed by atoms with Gasteiger partial charge in [0.15, 0.2) is 11.5 Å². The van der Waals surface area contributed by atoms with Gasteiger partial charge >= 0.3 is 0 Å². The summed E-state index contributed by atoms with van der Waals surface area (Å²) >= 11 is 0. The van der Waals surface area contributed by atoms with Gasteiger partial charge in [-0.1, -0.05) is 32.1 Å². The molecule has 1 aromatic carbocycles. The Morgan fingerprint density at radius 2 is 2.05 bits per heavy atom. The van der Waals surface area contributed by atoms with Gasteiger partial charge in [0.05, 0.1) is 17.5 Å². The van der Waals surface area contributed by atoms with E-state index in [1.807, 2.05) is 0 Å². The lowest BCUT2D eigenvalue weighted by atomic mass is 9.77. The second-order valence-electron chi connectivity index (χ2n) is 10.0. The third-order valence-electron chi connectivity index (χ3n) is 7.65. The van der Waals surface area contributed by atoms with Crippen LogP contribution in [0, 0.1) is 23.1 Å². The summed E-state index contributed by atoms with van der Waals surface area (Å²) in [6, 6.07) is 3.83. The van der Waals surface area contributed by atoms with Crippen molar-refractivity contribution >= 4 is 23.2 Å². The number of halogens is 1. The van der Waals surface area contributed by atoms with E-state index < -0.39 is 28.5 Å². The number of benzene rings is 1. The first-order chi connectivity index (χ1) is 18.3. The number of nitrogens with two attached hydrogens (primary N) is 1. The minimum Gasteiger partial charge on any atom is -0.506 e. The van der Waals surface area contributed by atoms with Gasteiger partial charge in [0, 0.05) is 0 Å². The maximum Gasteiger partial charge on any atom is 0.240 e. The average molecular weight is 514 g/mol. The molecule has 6 rings (SSSR count). The number of hydrogen-bond donors (Lipinski definition) is 3. The third-order valence-corrected chi connectivity index (χ3v) is 7.65. The number of phenols is 1. The molecular weight excluding hydrogens is 489 g/mol. The number of nitrogens with one attached hydrogen (secondary N) is 1. The number of rotatable bonds is 4. The first kappa shape index (κ1) is 23.7. The van der Waals surface area contributed by atoms with Crippen LogP contribution in [0.5, 0.6) is 5.75 Å². The van der Waals surface area contributed by atoms with Gasteiger partial charge < -0.3 is 16.2 Å². The molecule has 1 saturated carbocycles. The fourth-order valence-corrected chi connectivity index (χ4v) is 5.59. The van der Waals surface area contributed by atoms with Crippen LogP contribution in [0.3, 0.4) is 0 Å². The van der Waals surface area contributed by atoms with Crippen molar-refractivity contribution in [2.24, 2.45) is 5.92 Å². The van der Waals surface area contributed by atoms with E-state index in [1.54, 1.807) is 16.8 Å². The van der Waals surface area contributed by atoms with Gasteiger partial charge in [-0.25, -0.2) is 28.8 Å². The molecule has 0 radical (unpaired) electrons. The van der Waals surface area contributed by atoms with E-state index in [4.69, 9.17) is 16.0 Å². The topological polar surface area (TPSA) is 168 Å². The number of phenolic OH excluding ortho intramolecular Hbond substituents is 1. The minimum atomic E-state index is -1.50. The molecule has 38 heavy (non-hydrogen) atoms. The van der Waals surface area contributed by atoms with Gasteiger partial charge in [-0.2, -0.15) is 10.4 Å². The van der Waals surface area contributed by atoms with Crippen LogP contribution in [0.4, 0.5) is 16.0 Å². The molecule has 0 spiro atoms. The highest BCUT2D eigenvalue weighted by Gasteiger charge is 2.48. The molecular formula is C26H24FN9O2. The number of nitrogen functional groups attached to an aromatic ring is 1. The Morgan fingerprint density at radius 3 is 2.79 bits per heavy atom. The molecule has 4 N–H and O–H groups in total. The largest absolute Gasteiger partial charge is 0.506 e. The summed E-state index contributed by atoms with van der Waals surface area (Å²) in [7, 11) is 0. The van der Waals surface area contributed by atoms with Crippen molar-refractivity contribution in [1.82, 2.24) is 29.5 Å². The summed E-state index contributed by atoms with van der Waals surface area (Å²) in [5, 5.41) is 26.3. The molecule has 11 nitrogen and oxygen atoms in total. The Bertz CT molecular complexity index is 1630. The maximum atomic E-state index is 14.5. The van der Waals surface area contributed by atoms with Crippen LogP contribution in [-0.4, -0.2) is 40.6 Å². The number of carbonyl (C=O) groups excluding carboxylic acids is 1. The van der Waals surface area contributed by atoms with Crippen LogP contribution < -0.4 is 11.1 Å². The summed E-state index contributed by atoms with van der Waals surface area (Å²) in [5.41, 5.74) is 6.64. The molecule has 2 aliphatic rings. The van der Waals surface area contributed by atoms with E-state index in [0.717, 1.165) is 31.0 Å². The quantitative estimate of drug-likeness (QED) is 0.371. The fourth-order valence-electron chi connectivity index (χ4n) is 5.59. The Balaban J connectivity index is 1.44. The van der Waals surface area contributed by atoms with E-state index in [1.165, 1.54) is 38.6 Å². The number of fused-ring (bicyclic) bond motifs is 2. The van der Waals surface area contributed by atoms with Gasteiger partial charge in [-0.3, -0.25) is 4.79 Å².